The van der Waals surface area contributed by atoms with E-state index in [4.69, 9.17) is 5.26 Å². The second-order valence-electron chi connectivity index (χ2n) is 4.23. The van der Waals surface area contributed by atoms with E-state index in [-0.39, 0.29) is 12.5 Å². The molecule has 5 heteroatoms. The summed E-state index contributed by atoms with van der Waals surface area (Å²) in [4.78, 5) is 12.0. The van der Waals surface area contributed by atoms with E-state index >= 15 is 0 Å². The molecule has 0 saturated heterocycles. The number of aromatic nitrogens is 1. The number of aryl methyl sites for hydroxylation is 1. The fourth-order valence-electron chi connectivity index (χ4n) is 1.74. The molecule has 0 bridgehead atoms. The lowest BCUT2D eigenvalue weighted by atomic mass is 10.2. The lowest BCUT2D eigenvalue weighted by Gasteiger charge is -2.03. The van der Waals surface area contributed by atoms with Crippen LogP contribution in [0, 0.1) is 25.2 Å². The van der Waals surface area contributed by atoms with Gasteiger partial charge in [0.15, 0.2) is 11.9 Å². The maximum atomic E-state index is 12.0. The molecule has 19 heavy (non-hydrogen) atoms. The van der Waals surface area contributed by atoms with E-state index in [0.717, 1.165) is 11.3 Å². The molecular formula is C14H14N3OS+. The molecule has 1 amide bonds. The smallest absolute Gasteiger partial charge is 0.290 e. The van der Waals surface area contributed by atoms with Crippen molar-refractivity contribution in [2.24, 2.45) is 0 Å². The van der Waals surface area contributed by atoms with Gasteiger partial charge in [0.2, 0.25) is 6.54 Å². The zero-order chi connectivity index (χ0) is 13.8. The van der Waals surface area contributed by atoms with E-state index in [1.165, 1.54) is 11.3 Å². The molecule has 0 saturated carbocycles. The molecule has 1 N–H and O–H groups in total. The third-order valence-electron chi connectivity index (χ3n) is 2.97. The summed E-state index contributed by atoms with van der Waals surface area (Å²) in [5.74, 6) is -0.127. The first-order chi connectivity index (χ1) is 9.11. The van der Waals surface area contributed by atoms with Crippen molar-refractivity contribution in [1.29, 1.82) is 5.26 Å². The number of hydrogen-bond acceptors (Lipinski definition) is 3. The summed E-state index contributed by atoms with van der Waals surface area (Å²) in [6.45, 7) is 4.24. The molecule has 2 aromatic rings. The summed E-state index contributed by atoms with van der Waals surface area (Å²) in [5.41, 5.74) is 2.71. The second kappa shape index (κ2) is 5.63. The number of hydrogen-bond donors (Lipinski definition) is 1. The van der Waals surface area contributed by atoms with Crippen LogP contribution in [0.2, 0.25) is 0 Å². The Labute approximate surface area is 115 Å². The number of amides is 1. The van der Waals surface area contributed by atoms with E-state index < -0.39 is 0 Å². The van der Waals surface area contributed by atoms with Crippen LogP contribution in [0.15, 0.2) is 29.8 Å². The molecule has 0 unspecified atom stereocenters. The van der Waals surface area contributed by atoms with Gasteiger partial charge in [-0.15, -0.1) is 11.3 Å². The number of carbonyl (C=O) groups excluding carboxylic acids is 1. The molecule has 0 spiro atoms. The molecular weight excluding hydrogens is 258 g/mol. The fourth-order valence-corrected chi connectivity index (χ4v) is 2.49. The topological polar surface area (TPSA) is 56.8 Å². The minimum absolute atomic E-state index is 0.127. The Hall–Kier alpha value is -2.19. The zero-order valence-electron chi connectivity index (χ0n) is 10.8. The summed E-state index contributed by atoms with van der Waals surface area (Å²) < 4.78 is 1.89. The van der Waals surface area contributed by atoms with Gasteiger partial charge in [0.05, 0.1) is 5.56 Å². The Morgan fingerprint density at radius 2 is 2.26 bits per heavy atom. The summed E-state index contributed by atoms with van der Waals surface area (Å²) in [5, 5.41) is 14.1. The Balaban J connectivity index is 2.10. The van der Waals surface area contributed by atoms with Crippen LogP contribution in [0.3, 0.4) is 0 Å². The zero-order valence-corrected chi connectivity index (χ0v) is 11.6. The number of pyridine rings is 1. The van der Waals surface area contributed by atoms with Crippen molar-refractivity contribution in [2.45, 2.75) is 20.4 Å². The van der Waals surface area contributed by atoms with Crippen molar-refractivity contribution < 1.29 is 9.36 Å². The first-order valence-corrected chi connectivity index (χ1v) is 6.73. The molecule has 0 fully saturated rings. The third-order valence-corrected chi connectivity index (χ3v) is 3.80. The van der Waals surface area contributed by atoms with Gasteiger partial charge in [0.25, 0.3) is 5.91 Å². The summed E-state index contributed by atoms with van der Waals surface area (Å²) in [7, 11) is 0. The summed E-state index contributed by atoms with van der Waals surface area (Å²) >= 11 is 1.36. The van der Waals surface area contributed by atoms with Gasteiger partial charge < -0.3 is 5.32 Å². The molecule has 2 rings (SSSR count). The quantitative estimate of drug-likeness (QED) is 0.870. The largest absolute Gasteiger partial charge is 0.311 e. The average Bonchev–Trinajstić information content (AvgIpc) is 2.82. The van der Waals surface area contributed by atoms with Gasteiger partial charge in [-0.25, -0.2) is 0 Å². The molecule has 0 atom stereocenters. The molecule has 0 aliphatic carbocycles. The lowest BCUT2D eigenvalue weighted by Crippen LogP contribution is -2.43. The molecule has 0 aliphatic heterocycles. The van der Waals surface area contributed by atoms with Crippen LogP contribution in [0.5, 0.6) is 0 Å². The lowest BCUT2D eigenvalue weighted by molar-refractivity contribution is -0.690. The Bertz CT molecular complexity index is 655. The SMILES string of the molecule is Cc1ccc[n+](CC(=O)Nc2sccc2C#N)c1C. The van der Waals surface area contributed by atoms with E-state index in [0.29, 0.717) is 10.6 Å². The predicted molar refractivity (Wildman–Crippen MR) is 73.8 cm³/mol. The van der Waals surface area contributed by atoms with Crippen molar-refractivity contribution in [2.75, 3.05) is 5.32 Å². The molecule has 0 aromatic carbocycles. The third kappa shape index (κ3) is 2.98. The maximum absolute atomic E-state index is 12.0. The second-order valence-corrected chi connectivity index (χ2v) is 5.14. The first-order valence-electron chi connectivity index (χ1n) is 5.85. The van der Waals surface area contributed by atoms with Gasteiger partial charge in [-0.2, -0.15) is 9.83 Å². The minimum Gasteiger partial charge on any atom is -0.311 e. The number of carbonyl (C=O) groups is 1. The monoisotopic (exact) mass is 272 g/mol. The number of anilines is 1. The number of nitrogens with zero attached hydrogens (tertiary/aromatic N) is 2. The Kier molecular flexibility index (Phi) is 3.93. The minimum atomic E-state index is -0.127. The van der Waals surface area contributed by atoms with Crippen LogP contribution >= 0.6 is 11.3 Å². The maximum Gasteiger partial charge on any atom is 0.290 e. The van der Waals surface area contributed by atoms with Crippen molar-refractivity contribution in [3.8, 4) is 6.07 Å². The molecule has 2 heterocycles. The van der Waals surface area contributed by atoms with Crippen LogP contribution in [-0.4, -0.2) is 5.91 Å². The molecule has 96 valence electrons. The summed E-state index contributed by atoms with van der Waals surface area (Å²) in [6.07, 6.45) is 1.88. The summed E-state index contributed by atoms with van der Waals surface area (Å²) in [6, 6.07) is 7.68. The van der Waals surface area contributed by atoms with Crippen LogP contribution in [-0.2, 0) is 11.3 Å². The normalized spacial score (nSPS) is 9.95. The van der Waals surface area contributed by atoms with Gasteiger partial charge in [-0.05, 0) is 24.4 Å². The van der Waals surface area contributed by atoms with Gasteiger partial charge in [0, 0.05) is 18.6 Å². The van der Waals surface area contributed by atoms with E-state index in [9.17, 15) is 4.79 Å². The number of thiophene rings is 1. The van der Waals surface area contributed by atoms with Crippen LogP contribution in [0.4, 0.5) is 5.00 Å². The van der Waals surface area contributed by atoms with Gasteiger partial charge in [-0.3, -0.25) is 4.79 Å². The standard InChI is InChI=1S/C14H13N3OS/c1-10-4-3-6-17(11(10)2)9-13(18)16-14-12(8-15)5-7-19-14/h3-7H,9H2,1-2H3/p+1. The Morgan fingerprint density at radius 1 is 1.47 bits per heavy atom. The molecule has 2 aromatic heterocycles. The molecule has 0 aliphatic rings. The van der Waals surface area contributed by atoms with E-state index in [1.54, 1.807) is 11.4 Å². The van der Waals surface area contributed by atoms with Gasteiger partial charge in [-0.1, -0.05) is 0 Å². The van der Waals surface area contributed by atoms with Crippen molar-refractivity contribution in [3.05, 3.63) is 46.6 Å². The highest BCUT2D eigenvalue weighted by Gasteiger charge is 2.15. The molecule has 4 nitrogen and oxygen atoms in total. The van der Waals surface area contributed by atoms with Crippen LogP contribution < -0.4 is 9.88 Å². The fraction of sp³-hybridized carbons (Fsp3) is 0.214. The number of rotatable bonds is 3. The highest BCUT2D eigenvalue weighted by atomic mass is 32.1. The Morgan fingerprint density at radius 3 is 3.00 bits per heavy atom. The van der Waals surface area contributed by atoms with Gasteiger partial charge >= 0.3 is 0 Å². The average molecular weight is 272 g/mol. The number of nitrogens with one attached hydrogen (secondary N) is 1. The van der Waals surface area contributed by atoms with Crippen molar-refractivity contribution in [1.82, 2.24) is 0 Å². The van der Waals surface area contributed by atoms with Crippen LogP contribution in [0.25, 0.3) is 0 Å². The van der Waals surface area contributed by atoms with Crippen molar-refractivity contribution in [3.63, 3.8) is 0 Å². The molecule has 0 radical (unpaired) electrons. The van der Waals surface area contributed by atoms with E-state index in [2.05, 4.69) is 11.4 Å². The van der Waals surface area contributed by atoms with Crippen molar-refractivity contribution >= 4 is 22.2 Å². The highest BCUT2D eigenvalue weighted by Crippen LogP contribution is 2.21. The number of nitriles is 1. The van der Waals surface area contributed by atoms with Gasteiger partial charge in [0.1, 0.15) is 11.1 Å². The van der Waals surface area contributed by atoms with Crippen LogP contribution in [0.1, 0.15) is 16.8 Å². The predicted octanol–water partition coefficient (Wildman–Crippen LogP) is 2.16. The first kappa shape index (κ1) is 13.2. The highest BCUT2D eigenvalue weighted by molar-refractivity contribution is 7.14. The van der Waals surface area contributed by atoms with E-state index in [1.807, 2.05) is 36.7 Å².